The molecule has 110 valence electrons. The first-order chi connectivity index (χ1) is 9.67. The van der Waals surface area contributed by atoms with Crippen LogP contribution < -0.4 is 24.8 Å². The van der Waals surface area contributed by atoms with Gasteiger partial charge in [0, 0.05) is 23.9 Å². The zero-order chi connectivity index (χ0) is 14.5. The van der Waals surface area contributed by atoms with E-state index < -0.39 is 0 Å². The van der Waals surface area contributed by atoms with Crippen LogP contribution in [0.4, 0.5) is 5.69 Å². The zero-order valence-corrected chi connectivity index (χ0v) is 12.0. The molecule has 0 unspecified atom stereocenters. The Morgan fingerprint density at radius 1 is 1.15 bits per heavy atom. The minimum absolute atomic E-state index is 0.0127. The third-order valence-electron chi connectivity index (χ3n) is 3.06. The Morgan fingerprint density at radius 3 is 2.20 bits per heavy atom. The highest BCUT2D eigenvalue weighted by Gasteiger charge is 2.23. The molecule has 6 nitrogen and oxygen atoms in total. The molecule has 0 spiro atoms. The Morgan fingerprint density at radius 2 is 1.75 bits per heavy atom. The lowest BCUT2D eigenvalue weighted by Gasteiger charge is -2.15. The fourth-order valence-corrected chi connectivity index (χ4v) is 1.87. The summed E-state index contributed by atoms with van der Waals surface area (Å²) in [5.74, 6) is 1.62. The van der Waals surface area contributed by atoms with Crippen molar-refractivity contribution in [2.24, 2.45) is 0 Å². The second-order valence-corrected chi connectivity index (χ2v) is 4.61. The predicted octanol–water partition coefficient (Wildman–Crippen LogP) is 1.40. The molecule has 2 rings (SSSR count). The van der Waals surface area contributed by atoms with E-state index in [4.69, 9.17) is 14.2 Å². The van der Waals surface area contributed by atoms with E-state index in [1.165, 1.54) is 0 Å². The number of carbonyl (C=O) groups is 1. The molecule has 0 saturated heterocycles. The van der Waals surface area contributed by atoms with E-state index in [0.717, 1.165) is 18.5 Å². The molecule has 0 atom stereocenters. The summed E-state index contributed by atoms with van der Waals surface area (Å²) in [6, 6.07) is 3.90. The van der Waals surface area contributed by atoms with Crippen molar-refractivity contribution in [3.05, 3.63) is 12.1 Å². The number of benzene rings is 1. The van der Waals surface area contributed by atoms with Crippen molar-refractivity contribution in [3.63, 3.8) is 0 Å². The SMILES string of the molecule is COc1cc(NCC(=O)NC2CC2)cc(OC)c1OC. The summed E-state index contributed by atoms with van der Waals surface area (Å²) < 4.78 is 15.8. The Kier molecular flexibility index (Phi) is 4.55. The van der Waals surface area contributed by atoms with Crippen LogP contribution in [-0.4, -0.2) is 39.8 Å². The summed E-state index contributed by atoms with van der Waals surface area (Å²) in [6.45, 7) is 0.217. The van der Waals surface area contributed by atoms with Gasteiger partial charge in [0.25, 0.3) is 0 Å². The van der Waals surface area contributed by atoms with E-state index in [1.54, 1.807) is 33.5 Å². The summed E-state index contributed by atoms with van der Waals surface area (Å²) >= 11 is 0. The molecule has 20 heavy (non-hydrogen) atoms. The molecule has 0 bridgehead atoms. The Bertz CT molecular complexity index is 461. The van der Waals surface area contributed by atoms with Crippen LogP contribution in [0.15, 0.2) is 12.1 Å². The molecule has 0 heterocycles. The standard InChI is InChI=1S/C14H20N2O4/c1-18-11-6-10(7-12(19-2)14(11)20-3)15-8-13(17)16-9-4-5-9/h6-7,9,15H,4-5,8H2,1-3H3,(H,16,17). The summed E-state index contributed by atoms with van der Waals surface area (Å²) in [5.41, 5.74) is 0.741. The Hall–Kier alpha value is -2.11. The average Bonchev–Trinajstić information content (AvgIpc) is 3.27. The first kappa shape index (κ1) is 14.3. The topological polar surface area (TPSA) is 68.8 Å². The fraction of sp³-hybridized carbons (Fsp3) is 0.500. The van der Waals surface area contributed by atoms with Crippen LogP contribution in [0.2, 0.25) is 0 Å². The van der Waals surface area contributed by atoms with Gasteiger partial charge in [-0.3, -0.25) is 4.79 Å². The van der Waals surface area contributed by atoms with Gasteiger partial charge in [0.15, 0.2) is 11.5 Å². The van der Waals surface area contributed by atoms with Crippen LogP contribution in [0.25, 0.3) is 0 Å². The van der Waals surface area contributed by atoms with E-state index in [2.05, 4.69) is 10.6 Å². The van der Waals surface area contributed by atoms with Gasteiger partial charge in [0.05, 0.1) is 27.9 Å². The number of methoxy groups -OCH3 is 3. The first-order valence-electron chi connectivity index (χ1n) is 6.51. The molecule has 1 saturated carbocycles. The van der Waals surface area contributed by atoms with Gasteiger partial charge in [-0.25, -0.2) is 0 Å². The lowest BCUT2D eigenvalue weighted by Crippen LogP contribution is -2.31. The van der Waals surface area contributed by atoms with E-state index in [1.807, 2.05) is 0 Å². The highest BCUT2D eigenvalue weighted by Crippen LogP contribution is 2.39. The van der Waals surface area contributed by atoms with Crippen LogP contribution in [0.5, 0.6) is 17.2 Å². The summed E-state index contributed by atoms with van der Waals surface area (Å²) in [5, 5.41) is 5.97. The number of nitrogens with one attached hydrogen (secondary N) is 2. The minimum Gasteiger partial charge on any atom is -0.493 e. The summed E-state index contributed by atoms with van der Waals surface area (Å²) in [7, 11) is 4.66. The fourth-order valence-electron chi connectivity index (χ4n) is 1.87. The van der Waals surface area contributed by atoms with Gasteiger partial charge in [0.2, 0.25) is 11.7 Å². The van der Waals surface area contributed by atoms with Crippen molar-refractivity contribution >= 4 is 11.6 Å². The number of amides is 1. The number of anilines is 1. The molecular formula is C14H20N2O4. The van der Waals surface area contributed by atoms with Gasteiger partial charge in [-0.2, -0.15) is 0 Å². The van der Waals surface area contributed by atoms with Crippen LogP contribution in [0.3, 0.4) is 0 Å². The maximum Gasteiger partial charge on any atom is 0.239 e. The van der Waals surface area contributed by atoms with Gasteiger partial charge < -0.3 is 24.8 Å². The number of hydrogen-bond donors (Lipinski definition) is 2. The molecule has 1 amide bonds. The maximum absolute atomic E-state index is 11.6. The quantitative estimate of drug-likeness (QED) is 0.790. The molecule has 0 aromatic heterocycles. The Balaban J connectivity index is 2.04. The van der Waals surface area contributed by atoms with Crippen molar-refractivity contribution in [3.8, 4) is 17.2 Å². The van der Waals surface area contributed by atoms with E-state index >= 15 is 0 Å². The highest BCUT2D eigenvalue weighted by atomic mass is 16.5. The summed E-state index contributed by atoms with van der Waals surface area (Å²) in [6.07, 6.45) is 2.16. The predicted molar refractivity (Wildman–Crippen MR) is 75.8 cm³/mol. The second-order valence-electron chi connectivity index (χ2n) is 4.61. The Labute approximate surface area is 118 Å². The maximum atomic E-state index is 11.6. The molecule has 1 aromatic carbocycles. The van der Waals surface area contributed by atoms with Crippen LogP contribution >= 0.6 is 0 Å². The monoisotopic (exact) mass is 280 g/mol. The summed E-state index contributed by atoms with van der Waals surface area (Å²) in [4.78, 5) is 11.6. The molecule has 0 aliphatic heterocycles. The van der Waals surface area contributed by atoms with Gasteiger partial charge in [0.1, 0.15) is 0 Å². The van der Waals surface area contributed by atoms with Crippen LogP contribution in [0, 0.1) is 0 Å². The van der Waals surface area contributed by atoms with Gasteiger partial charge in [-0.15, -0.1) is 0 Å². The molecule has 6 heteroatoms. The zero-order valence-electron chi connectivity index (χ0n) is 12.0. The molecule has 0 radical (unpaired) electrons. The first-order valence-corrected chi connectivity index (χ1v) is 6.51. The largest absolute Gasteiger partial charge is 0.493 e. The molecule has 2 N–H and O–H groups in total. The van der Waals surface area contributed by atoms with E-state index in [-0.39, 0.29) is 12.5 Å². The van der Waals surface area contributed by atoms with Crippen LogP contribution in [-0.2, 0) is 4.79 Å². The van der Waals surface area contributed by atoms with Crippen molar-refractivity contribution in [1.29, 1.82) is 0 Å². The third kappa shape index (κ3) is 3.46. The lowest BCUT2D eigenvalue weighted by molar-refractivity contribution is -0.119. The van der Waals surface area contributed by atoms with Crippen LogP contribution in [0.1, 0.15) is 12.8 Å². The third-order valence-corrected chi connectivity index (χ3v) is 3.06. The normalized spacial score (nSPS) is 13.6. The average molecular weight is 280 g/mol. The molecule has 1 aliphatic carbocycles. The van der Waals surface area contributed by atoms with Crippen molar-refractivity contribution in [2.75, 3.05) is 33.2 Å². The van der Waals surface area contributed by atoms with E-state index in [0.29, 0.717) is 23.3 Å². The number of carbonyl (C=O) groups excluding carboxylic acids is 1. The number of rotatable bonds is 7. The van der Waals surface area contributed by atoms with E-state index in [9.17, 15) is 4.79 Å². The molecule has 1 aliphatic rings. The number of hydrogen-bond acceptors (Lipinski definition) is 5. The lowest BCUT2D eigenvalue weighted by atomic mass is 10.2. The highest BCUT2D eigenvalue weighted by molar-refractivity contribution is 5.81. The van der Waals surface area contributed by atoms with Crippen molar-refractivity contribution in [2.45, 2.75) is 18.9 Å². The van der Waals surface area contributed by atoms with Gasteiger partial charge in [-0.05, 0) is 12.8 Å². The smallest absolute Gasteiger partial charge is 0.239 e. The minimum atomic E-state index is -0.0127. The number of ether oxygens (including phenoxy) is 3. The van der Waals surface area contributed by atoms with Gasteiger partial charge >= 0.3 is 0 Å². The molecule has 1 aromatic rings. The van der Waals surface area contributed by atoms with Crippen molar-refractivity contribution in [1.82, 2.24) is 5.32 Å². The van der Waals surface area contributed by atoms with Gasteiger partial charge in [-0.1, -0.05) is 0 Å². The molecular weight excluding hydrogens is 260 g/mol. The second kappa shape index (κ2) is 6.36. The molecule has 1 fully saturated rings. The van der Waals surface area contributed by atoms with Crippen molar-refractivity contribution < 1.29 is 19.0 Å².